The Labute approximate surface area is 83.9 Å². The lowest BCUT2D eigenvalue weighted by molar-refractivity contribution is -0.149. The van der Waals surface area contributed by atoms with Crippen molar-refractivity contribution in [2.45, 2.75) is 33.3 Å². The van der Waals surface area contributed by atoms with Gasteiger partial charge in [-0.2, -0.15) is 0 Å². The van der Waals surface area contributed by atoms with Crippen LogP contribution in [0.1, 0.15) is 27.7 Å². The second-order valence-corrected chi connectivity index (χ2v) is 3.62. The van der Waals surface area contributed by atoms with Crippen molar-refractivity contribution in [1.29, 1.82) is 0 Å². The predicted molar refractivity (Wildman–Crippen MR) is 51.6 cm³/mol. The molecule has 0 aromatic heterocycles. The molecule has 0 spiro atoms. The van der Waals surface area contributed by atoms with Gasteiger partial charge in [0.05, 0.1) is 6.61 Å². The monoisotopic (exact) mass is 200 g/mol. The maximum absolute atomic E-state index is 11.1. The van der Waals surface area contributed by atoms with Gasteiger partial charge in [-0.05, 0) is 27.7 Å². The van der Waals surface area contributed by atoms with Crippen LogP contribution in [0.15, 0.2) is 12.2 Å². The highest BCUT2D eigenvalue weighted by atomic mass is 16.6. The second-order valence-electron chi connectivity index (χ2n) is 3.62. The minimum atomic E-state index is -0.550. The lowest BCUT2D eigenvalue weighted by Gasteiger charge is -2.17. The molecule has 4 nitrogen and oxygen atoms in total. The van der Waals surface area contributed by atoms with E-state index in [-0.39, 0.29) is 6.61 Å². The van der Waals surface area contributed by atoms with Crippen molar-refractivity contribution in [3.63, 3.8) is 0 Å². The van der Waals surface area contributed by atoms with Crippen LogP contribution in [0.2, 0.25) is 0 Å². The second kappa shape index (κ2) is 5.42. The molecular weight excluding hydrogens is 184 g/mol. The fourth-order valence-electron chi connectivity index (χ4n) is 0.662. The molecule has 4 heteroatoms. The molecule has 0 aromatic rings. The molecule has 80 valence electrons. The molecule has 0 atom stereocenters. The zero-order chi connectivity index (χ0) is 11.2. The average molecular weight is 200 g/mol. The smallest absolute Gasteiger partial charge is 0.331 e. The Morgan fingerprint density at radius 2 is 1.64 bits per heavy atom. The zero-order valence-electron chi connectivity index (χ0n) is 8.99. The number of rotatable bonds is 3. The molecule has 0 rings (SSSR count). The van der Waals surface area contributed by atoms with E-state index in [1.54, 1.807) is 27.7 Å². The molecule has 14 heavy (non-hydrogen) atoms. The van der Waals surface area contributed by atoms with E-state index in [1.165, 1.54) is 0 Å². The van der Waals surface area contributed by atoms with Gasteiger partial charge in [0.15, 0.2) is 0 Å². The van der Waals surface area contributed by atoms with Crippen LogP contribution in [-0.2, 0) is 19.1 Å². The molecule has 0 aliphatic heterocycles. The summed E-state index contributed by atoms with van der Waals surface area (Å²) in [5.74, 6) is -1.09. The summed E-state index contributed by atoms with van der Waals surface area (Å²) in [6.07, 6.45) is 2.11. The molecule has 0 saturated heterocycles. The van der Waals surface area contributed by atoms with Crippen molar-refractivity contribution in [3.05, 3.63) is 12.2 Å². The molecule has 0 heterocycles. The Morgan fingerprint density at radius 1 is 1.14 bits per heavy atom. The molecule has 0 saturated carbocycles. The van der Waals surface area contributed by atoms with Gasteiger partial charge in [0.1, 0.15) is 5.60 Å². The first-order valence-electron chi connectivity index (χ1n) is 4.43. The fraction of sp³-hybridized carbons (Fsp3) is 0.600. The topological polar surface area (TPSA) is 52.6 Å². The predicted octanol–water partition coefficient (Wildman–Crippen LogP) is 1.45. The van der Waals surface area contributed by atoms with E-state index in [2.05, 4.69) is 4.74 Å². The Bertz CT molecular complexity index is 235. The van der Waals surface area contributed by atoms with Crippen LogP contribution in [0.5, 0.6) is 0 Å². The Kier molecular flexibility index (Phi) is 4.91. The summed E-state index contributed by atoms with van der Waals surface area (Å²) in [6.45, 7) is 7.24. The van der Waals surface area contributed by atoms with Crippen LogP contribution < -0.4 is 0 Å². The van der Waals surface area contributed by atoms with Gasteiger partial charge in [-0.1, -0.05) is 0 Å². The quantitative estimate of drug-likeness (QED) is 0.511. The third kappa shape index (κ3) is 7.34. The third-order valence-electron chi connectivity index (χ3n) is 1.05. The highest BCUT2D eigenvalue weighted by Crippen LogP contribution is 2.06. The van der Waals surface area contributed by atoms with Gasteiger partial charge in [0.2, 0.25) is 0 Å². The molecule has 0 aromatic carbocycles. The van der Waals surface area contributed by atoms with Gasteiger partial charge in [-0.15, -0.1) is 0 Å². The van der Waals surface area contributed by atoms with Gasteiger partial charge in [-0.3, -0.25) is 0 Å². The lowest BCUT2D eigenvalue weighted by Crippen LogP contribution is -2.22. The number of ether oxygens (including phenoxy) is 2. The minimum absolute atomic E-state index is 0.289. The summed E-state index contributed by atoms with van der Waals surface area (Å²) >= 11 is 0. The van der Waals surface area contributed by atoms with E-state index in [0.29, 0.717) is 0 Å². The maximum atomic E-state index is 11.1. The van der Waals surface area contributed by atoms with E-state index < -0.39 is 17.5 Å². The van der Waals surface area contributed by atoms with E-state index in [9.17, 15) is 9.59 Å². The van der Waals surface area contributed by atoms with Crippen LogP contribution in [0.3, 0.4) is 0 Å². The van der Waals surface area contributed by atoms with E-state index in [1.807, 2.05) is 0 Å². The summed E-state index contributed by atoms with van der Waals surface area (Å²) in [4.78, 5) is 21.8. The highest BCUT2D eigenvalue weighted by molar-refractivity contribution is 5.91. The first-order chi connectivity index (χ1) is 6.35. The van der Waals surface area contributed by atoms with Gasteiger partial charge >= 0.3 is 11.9 Å². The molecule has 0 radical (unpaired) electrons. The molecule has 0 bridgehead atoms. The Morgan fingerprint density at radius 3 is 2.07 bits per heavy atom. The molecule has 0 aliphatic rings. The van der Waals surface area contributed by atoms with Crippen LogP contribution >= 0.6 is 0 Å². The van der Waals surface area contributed by atoms with Crippen molar-refractivity contribution in [3.8, 4) is 0 Å². The number of carbonyl (C=O) groups excluding carboxylic acids is 2. The lowest BCUT2D eigenvalue weighted by atomic mass is 10.2. The fourth-order valence-corrected chi connectivity index (χ4v) is 0.662. The number of hydrogen-bond donors (Lipinski definition) is 0. The van der Waals surface area contributed by atoms with Crippen LogP contribution in [-0.4, -0.2) is 24.1 Å². The molecule has 0 fully saturated rings. The summed E-state index contributed by atoms with van der Waals surface area (Å²) in [6, 6.07) is 0. The van der Waals surface area contributed by atoms with Crippen LogP contribution in [0, 0.1) is 0 Å². The SMILES string of the molecule is CCOC(=O)/C=C/C(=O)OC(C)(C)C. The molecule has 0 N–H and O–H groups in total. The minimum Gasteiger partial charge on any atom is -0.463 e. The van der Waals surface area contributed by atoms with Gasteiger partial charge in [0, 0.05) is 12.2 Å². The molecule has 0 unspecified atom stereocenters. The first kappa shape index (κ1) is 12.7. The largest absolute Gasteiger partial charge is 0.463 e. The van der Waals surface area contributed by atoms with Crippen LogP contribution in [0.4, 0.5) is 0 Å². The zero-order valence-corrected chi connectivity index (χ0v) is 8.99. The van der Waals surface area contributed by atoms with Crippen LogP contribution in [0.25, 0.3) is 0 Å². The molecular formula is C10H16O4. The Balaban J connectivity index is 4.00. The Hall–Kier alpha value is -1.32. The summed E-state index contributed by atoms with van der Waals surface area (Å²) in [5, 5.41) is 0. The van der Waals surface area contributed by atoms with Crippen molar-refractivity contribution in [2.75, 3.05) is 6.61 Å². The summed E-state index contributed by atoms with van der Waals surface area (Å²) in [7, 11) is 0. The number of carbonyl (C=O) groups is 2. The van der Waals surface area contributed by atoms with Gasteiger partial charge in [0.25, 0.3) is 0 Å². The standard InChI is InChI=1S/C10H16O4/c1-5-13-8(11)6-7-9(12)14-10(2,3)4/h6-7H,5H2,1-4H3/b7-6+. The summed E-state index contributed by atoms with van der Waals surface area (Å²) in [5.41, 5.74) is -0.546. The first-order valence-corrected chi connectivity index (χ1v) is 4.43. The number of esters is 2. The third-order valence-corrected chi connectivity index (χ3v) is 1.05. The van der Waals surface area contributed by atoms with Gasteiger partial charge in [-0.25, -0.2) is 9.59 Å². The van der Waals surface area contributed by atoms with E-state index in [0.717, 1.165) is 12.2 Å². The van der Waals surface area contributed by atoms with E-state index >= 15 is 0 Å². The summed E-state index contributed by atoms with van der Waals surface area (Å²) < 4.78 is 9.52. The van der Waals surface area contributed by atoms with E-state index in [4.69, 9.17) is 4.74 Å². The molecule has 0 amide bonds. The van der Waals surface area contributed by atoms with Crippen molar-refractivity contribution in [2.24, 2.45) is 0 Å². The van der Waals surface area contributed by atoms with Crippen molar-refractivity contribution in [1.82, 2.24) is 0 Å². The normalized spacial score (nSPS) is 11.4. The molecule has 0 aliphatic carbocycles. The number of hydrogen-bond acceptors (Lipinski definition) is 4. The average Bonchev–Trinajstić information content (AvgIpc) is 1.98. The van der Waals surface area contributed by atoms with Crippen molar-refractivity contribution >= 4 is 11.9 Å². The highest BCUT2D eigenvalue weighted by Gasteiger charge is 2.14. The van der Waals surface area contributed by atoms with Crippen molar-refractivity contribution < 1.29 is 19.1 Å². The maximum Gasteiger partial charge on any atom is 0.331 e. The van der Waals surface area contributed by atoms with Gasteiger partial charge < -0.3 is 9.47 Å².